The second-order valence-corrected chi connectivity index (χ2v) is 13.5. The molecule has 2 rings (SSSR count). The van der Waals surface area contributed by atoms with Crippen LogP contribution in [0, 0.1) is 0 Å². The van der Waals surface area contributed by atoms with Gasteiger partial charge < -0.3 is 0 Å². The van der Waals surface area contributed by atoms with Gasteiger partial charge in [0.1, 0.15) is 0 Å². The summed E-state index contributed by atoms with van der Waals surface area (Å²) in [5, 5.41) is 0. The lowest BCUT2D eigenvalue weighted by Crippen LogP contribution is -2.27. The first-order valence-electron chi connectivity index (χ1n) is 12.2. The molecule has 0 radical (unpaired) electrons. The van der Waals surface area contributed by atoms with Gasteiger partial charge in [-0.25, -0.2) is 0 Å². The van der Waals surface area contributed by atoms with Crippen molar-refractivity contribution in [3.8, 4) is 0 Å². The minimum absolute atomic E-state index is 0.0934. The van der Waals surface area contributed by atoms with Gasteiger partial charge >= 0.3 is 0 Å². The Morgan fingerprint density at radius 1 is 0.516 bits per heavy atom. The Bertz CT molecular complexity index is 824. The normalized spacial score (nSPS) is 13.7. The van der Waals surface area contributed by atoms with Crippen molar-refractivity contribution in [3.63, 3.8) is 0 Å². The minimum atomic E-state index is 0.0934. The maximum absolute atomic E-state index is 2.40. The van der Waals surface area contributed by atoms with Gasteiger partial charge in [0.05, 0.1) is 0 Å². The van der Waals surface area contributed by atoms with Crippen LogP contribution in [0.1, 0.15) is 136 Å². The predicted octanol–water partition coefficient (Wildman–Crippen LogP) is 9.42. The molecule has 2 aromatic rings. The third-order valence-corrected chi connectivity index (χ3v) is 6.47. The molecule has 0 unspecified atom stereocenters. The lowest BCUT2D eigenvalue weighted by atomic mass is 9.67. The van der Waals surface area contributed by atoms with Crippen molar-refractivity contribution in [3.05, 3.63) is 69.8 Å². The standard InChI is InChI=1S/C31H48/c1-14-21(22-17-15-19-24(28(2,3)4)26(22)30(8,9)10)23-18-16-20-25(29(5,6)7)27(23)31(11,12)13/h15-21H,14H2,1-13H3. The van der Waals surface area contributed by atoms with Gasteiger partial charge in [-0.05, 0) is 61.5 Å². The lowest BCUT2D eigenvalue weighted by molar-refractivity contribution is 0.510. The first-order chi connectivity index (χ1) is 13.9. The molecule has 0 saturated carbocycles. The Hall–Kier alpha value is -1.56. The Kier molecular flexibility index (Phi) is 6.98. The van der Waals surface area contributed by atoms with Gasteiger partial charge in [-0.1, -0.05) is 126 Å². The van der Waals surface area contributed by atoms with Crippen LogP contribution in [0.5, 0.6) is 0 Å². The quantitative estimate of drug-likeness (QED) is 0.464. The van der Waals surface area contributed by atoms with Crippen molar-refractivity contribution in [1.82, 2.24) is 0 Å². The Balaban J connectivity index is 2.95. The molecule has 31 heavy (non-hydrogen) atoms. The zero-order chi connectivity index (χ0) is 24.0. The second-order valence-electron chi connectivity index (χ2n) is 13.5. The van der Waals surface area contributed by atoms with E-state index in [4.69, 9.17) is 0 Å². The molecule has 0 aromatic heterocycles. The van der Waals surface area contributed by atoms with E-state index in [1.165, 1.54) is 33.4 Å². The van der Waals surface area contributed by atoms with Gasteiger partial charge in [0.15, 0.2) is 0 Å². The average molecular weight is 421 g/mol. The summed E-state index contributed by atoms with van der Waals surface area (Å²) < 4.78 is 0. The first-order valence-corrected chi connectivity index (χ1v) is 12.2. The van der Waals surface area contributed by atoms with Crippen LogP contribution in [0.4, 0.5) is 0 Å². The average Bonchev–Trinajstić information content (AvgIpc) is 2.58. The third-order valence-electron chi connectivity index (χ3n) is 6.47. The monoisotopic (exact) mass is 420 g/mol. The molecule has 0 aliphatic rings. The van der Waals surface area contributed by atoms with E-state index in [1.807, 2.05) is 0 Å². The Morgan fingerprint density at radius 3 is 1.06 bits per heavy atom. The number of hydrogen-bond acceptors (Lipinski definition) is 0. The number of benzene rings is 2. The maximum Gasteiger partial charge on any atom is 0.00928 e. The Labute approximate surface area is 193 Å². The molecule has 0 fully saturated rings. The number of hydrogen-bond donors (Lipinski definition) is 0. The summed E-state index contributed by atoms with van der Waals surface area (Å²) in [6, 6.07) is 14.1. The molecule has 0 aliphatic heterocycles. The molecule has 0 bridgehead atoms. The van der Waals surface area contributed by atoms with Crippen LogP contribution in [0.25, 0.3) is 0 Å². The van der Waals surface area contributed by atoms with E-state index < -0.39 is 0 Å². The van der Waals surface area contributed by atoms with Crippen LogP contribution in [0.2, 0.25) is 0 Å². The SMILES string of the molecule is CCC(c1cccc(C(C)(C)C)c1C(C)(C)C)c1cccc(C(C)(C)C)c1C(C)(C)C. The van der Waals surface area contributed by atoms with Crippen LogP contribution >= 0.6 is 0 Å². The summed E-state index contributed by atoms with van der Waals surface area (Å²) in [7, 11) is 0. The largest absolute Gasteiger partial charge is 0.0645 e. The fourth-order valence-electron chi connectivity index (χ4n) is 5.25. The highest BCUT2D eigenvalue weighted by Crippen LogP contribution is 2.45. The van der Waals surface area contributed by atoms with Crippen molar-refractivity contribution in [2.75, 3.05) is 0 Å². The van der Waals surface area contributed by atoms with E-state index in [0.717, 1.165) is 6.42 Å². The molecular formula is C31H48. The van der Waals surface area contributed by atoms with Crippen molar-refractivity contribution in [1.29, 1.82) is 0 Å². The van der Waals surface area contributed by atoms with Crippen molar-refractivity contribution < 1.29 is 0 Å². The molecular weight excluding hydrogens is 372 g/mol. The van der Waals surface area contributed by atoms with Crippen LogP contribution in [0.3, 0.4) is 0 Å². The topological polar surface area (TPSA) is 0 Å². The molecule has 0 heterocycles. The molecule has 0 spiro atoms. The molecule has 0 aliphatic carbocycles. The molecule has 0 amide bonds. The predicted molar refractivity (Wildman–Crippen MR) is 140 cm³/mol. The molecule has 2 aromatic carbocycles. The van der Waals surface area contributed by atoms with E-state index in [1.54, 1.807) is 0 Å². The molecule has 0 nitrogen and oxygen atoms in total. The highest BCUT2D eigenvalue weighted by molar-refractivity contribution is 5.53. The minimum Gasteiger partial charge on any atom is -0.0645 e. The highest BCUT2D eigenvalue weighted by atomic mass is 14.4. The maximum atomic E-state index is 2.40. The van der Waals surface area contributed by atoms with E-state index in [0.29, 0.717) is 5.92 Å². The van der Waals surface area contributed by atoms with Gasteiger partial charge in [0, 0.05) is 5.92 Å². The van der Waals surface area contributed by atoms with Gasteiger partial charge in [-0.15, -0.1) is 0 Å². The molecule has 172 valence electrons. The summed E-state index contributed by atoms with van der Waals surface area (Å²) in [6.45, 7) is 30.7. The van der Waals surface area contributed by atoms with E-state index >= 15 is 0 Å². The van der Waals surface area contributed by atoms with Gasteiger partial charge in [-0.3, -0.25) is 0 Å². The second kappa shape index (κ2) is 8.42. The van der Waals surface area contributed by atoms with Crippen molar-refractivity contribution in [2.24, 2.45) is 0 Å². The summed E-state index contributed by atoms with van der Waals surface area (Å²) in [4.78, 5) is 0. The zero-order valence-corrected chi connectivity index (χ0v) is 22.7. The van der Waals surface area contributed by atoms with Crippen molar-refractivity contribution in [2.45, 2.75) is 124 Å². The van der Waals surface area contributed by atoms with Crippen LogP contribution in [0.15, 0.2) is 36.4 Å². The van der Waals surface area contributed by atoms with Gasteiger partial charge in [0.2, 0.25) is 0 Å². The summed E-state index contributed by atoms with van der Waals surface area (Å²) in [5.74, 6) is 0.396. The molecule has 0 N–H and O–H groups in total. The fraction of sp³-hybridized carbons (Fsp3) is 0.613. The summed E-state index contributed by atoms with van der Waals surface area (Å²) in [5.41, 5.74) is 9.50. The lowest BCUT2D eigenvalue weighted by Gasteiger charge is -2.38. The van der Waals surface area contributed by atoms with Crippen LogP contribution in [-0.4, -0.2) is 0 Å². The fourth-order valence-corrected chi connectivity index (χ4v) is 5.25. The van der Waals surface area contributed by atoms with Crippen LogP contribution in [-0.2, 0) is 21.7 Å². The molecule has 0 saturated heterocycles. The summed E-state index contributed by atoms with van der Waals surface area (Å²) >= 11 is 0. The van der Waals surface area contributed by atoms with Gasteiger partial charge in [0.25, 0.3) is 0 Å². The Morgan fingerprint density at radius 2 is 0.839 bits per heavy atom. The summed E-state index contributed by atoms with van der Waals surface area (Å²) in [6.07, 6.45) is 1.10. The molecule has 0 heteroatoms. The number of rotatable bonds is 3. The zero-order valence-electron chi connectivity index (χ0n) is 22.7. The smallest absolute Gasteiger partial charge is 0.00928 e. The third kappa shape index (κ3) is 5.44. The van der Waals surface area contributed by atoms with Gasteiger partial charge in [-0.2, -0.15) is 0 Å². The van der Waals surface area contributed by atoms with E-state index in [-0.39, 0.29) is 21.7 Å². The highest BCUT2D eigenvalue weighted by Gasteiger charge is 2.34. The van der Waals surface area contributed by atoms with E-state index in [2.05, 4.69) is 126 Å². The first kappa shape index (κ1) is 25.7. The molecule has 0 atom stereocenters. The van der Waals surface area contributed by atoms with Crippen LogP contribution < -0.4 is 0 Å². The van der Waals surface area contributed by atoms with Crippen molar-refractivity contribution >= 4 is 0 Å². The van der Waals surface area contributed by atoms with E-state index in [9.17, 15) is 0 Å².